The van der Waals surface area contributed by atoms with Gasteiger partial charge in [-0.15, -0.1) is 11.3 Å². The minimum Gasteiger partial charge on any atom is -0.504 e. The van der Waals surface area contributed by atoms with Gasteiger partial charge >= 0.3 is 5.97 Å². The summed E-state index contributed by atoms with van der Waals surface area (Å²) in [7, 11) is 3.02. The molecular weight excluding hydrogens is 298 g/mol. The van der Waals surface area contributed by atoms with Crippen LogP contribution in [0.3, 0.4) is 0 Å². The number of hydrogen-bond donors (Lipinski definition) is 0. The van der Waals surface area contributed by atoms with Crippen LogP contribution in [-0.4, -0.2) is 25.2 Å². The van der Waals surface area contributed by atoms with Crippen LogP contribution in [-0.2, 0) is 14.3 Å². The fraction of sp³-hybridized carbons (Fsp3) is 0.294. The van der Waals surface area contributed by atoms with Gasteiger partial charge in [0.15, 0.2) is 0 Å². The molecule has 1 unspecified atom stereocenters. The minimum absolute atomic E-state index is 0.245. The maximum Gasteiger partial charge on any atom is 0.302 e. The van der Waals surface area contributed by atoms with Gasteiger partial charge < -0.3 is 9.47 Å². The van der Waals surface area contributed by atoms with E-state index in [4.69, 9.17) is 4.74 Å². The zero-order valence-electron chi connectivity index (χ0n) is 13.3. The van der Waals surface area contributed by atoms with Gasteiger partial charge in [0.1, 0.15) is 0 Å². The van der Waals surface area contributed by atoms with Crippen LogP contribution in [0.2, 0.25) is 0 Å². The van der Waals surface area contributed by atoms with E-state index in [-0.39, 0.29) is 11.9 Å². The van der Waals surface area contributed by atoms with E-state index < -0.39 is 0 Å². The van der Waals surface area contributed by atoms with Gasteiger partial charge in [0, 0.05) is 18.2 Å². The molecule has 1 heterocycles. The molecule has 1 aliphatic carbocycles. The van der Waals surface area contributed by atoms with Crippen LogP contribution in [0, 0.1) is 12.8 Å². The van der Waals surface area contributed by atoms with Crippen LogP contribution in [0.25, 0.3) is 6.08 Å². The lowest BCUT2D eigenvalue weighted by Crippen LogP contribution is -1.98. The van der Waals surface area contributed by atoms with Crippen LogP contribution in [0.15, 0.2) is 47.6 Å². The Bertz CT molecular complexity index is 597. The van der Waals surface area contributed by atoms with E-state index in [1.165, 1.54) is 14.0 Å². The van der Waals surface area contributed by atoms with Crippen molar-refractivity contribution in [2.75, 3.05) is 14.2 Å². The molecule has 1 aromatic heterocycles. The summed E-state index contributed by atoms with van der Waals surface area (Å²) >= 11 is 1.67. The third-order valence-corrected chi connectivity index (χ3v) is 3.55. The molecule has 0 spiro atoms. The van der Waals surface area contributed by atoms with E-state index in [1.807, 2.05) is 19.1 Å². The molecule has 0 radical (unpaired) electrons. The van der Waals surface area contributed by atoms with Gasteiger partial charge in [-0.2, -0.15) is 0 Å². The zero-order chi connectivity index (χ0) is 16.4. The van der Waals surface area contributed by atoms with E-state index >= 15 is 0 Å². The number of thiazole rings is 1. The highest BCUT2D eigenvalue weighted by Crippen LogP contribution is 2.21. The Morgan fingerprint density at radius 3 is 2.64 bits per heavy atom. The molecule has 0 aromatic carbocycles. The van der Waals surface area contributed by atoms with Gasteiger partial charge in [-0.05, 0) is 18.6 Å². The summed E-state index contributed by atoms with van der Waals surface area (Å²) in [6, 6.07) is 0. The van der Waals surface area contributed by atoms with Crippen LogP contribution < -0.4 is 0 Å². The quantitative estimate of drug-likeness (QED) is 0.626. The van der Waals surface area contributed by atoms with Crippen molar-refractivity contribution in [1.29, 1.82) is 0 Å². The molecule has 118 valence electrons. The van der Waals surface area contributed by atoms with Crippen molar-refractivity contribution < 1.29 is 14.3 Å². The first-order valence-electron chi connectivity index (χ1n) is 6.79. The molecule has 0 bridgehead atoms. The number of carbonyl (C=O) groups is 1. The number of hydrogen-bond acceptors (Lipinski definition) is 5. The third kappa shape index (κ3) is 6.54. The van der Waals surface area contributed by atoms with Gasteiger partial charge in [0.25, 0.3) is 0 Å². The normalized spacial score (nSPS) is 18.2. The predicted octanol–water partition coefficient (Wildman–Crippen LogP) is 3.92. The van der Waals surface area contributed by atoms with Crippen molar-refractivity contribution in [1.82, 2.24) is 4.98 Å². The maximum atomic E-state index is 9.59. The summed E-state index contributed by atoms with van der Waals surface area (Å²) in [6.45, 7) is 3.38. The third-order valence-electron chi connectivity index (χ3n) is 2.76. The van der Waals surface area contributed by atoms with E-state index in [1.54, 1.807) is 24.7 Å². The predicted molar refractivity (Wildman–Crippen MR) is 90.4 cm³/mol. The second kappa shape index (κ2) is 9.73. The molecule has 22 heavy (non-hydrogen) atoms. The van der Waals surface area contributed by atoms with E-state index in [0.717, 1.165) is 16.3 Å². The van der Waals surface area contributed by atoms with Gasteiger partial charge in [0.2, 0.25) is 0 Å². The molecule has 4 nitrogen and oxygen atoms in total. The fourth-order valence-electron chi connectivity index (χ4n) is 1.66. The van der Waals surface area contributed by atoms with Crippen LogP contribution >= 0.6 is 11.3 Å². The number of ether oxygens (including phenoxy) is 2. The monoisotopic (exact) mass is 319 g/mol. The van der Waals surface area contributed by atoms with Gasteiger partial charge in [-0.1, -0.05) is 30.4 Å². The first kappa shape index (κ1) is 17.9. The number of nitrogens with zero attached hydrogens (tertiary/aromatic N) is 1. The molecule has 1 atom stereocenters. The zero-order valence-corrected chi connectivity index (χ0v) is 14.1. The highest BCUT2D eigenvalue weighted by Gasteiger charge is 2.08. The number of esters is 1. The van der Waals surface area contributed by atoms with E-state index in [0.29, 0.717) is 0 Å². The Balaban J connectivity index is 0.000000422. The average molecular weight is 319 g/mol. The fourth-order valence-corrected chi connectivity index (χ4v) is 2.24. The standard InChI is InChI=1S/C14H15NOS.C3H6O2/c1-11-15-14(10-17-11)8-7-12-5-3-4-6-13(12)9-16-2;1-3(4)5-2/h3-10,12H,1-2H3;1-2H3/b8-7+,13-9+;. The van der Waals surface area contributed by atoms with Crippen molar-refractivity contribution in [3.63, 3.8) is 0 Å². The summed E-state index contributed by atoms with van der Waals surface area (Å²) in [5.74, 6) is 0.0203. The summed E-state index contributed by atoms with van der Waals surface area (Å²) in [4.78, 5) is 14.0. The molecule has 0 aliphatic heterocycles. The molecule has 0 amide bonds. The first-order valence-corrected chi connectivity index (χ1v) is 7.67. The molecule has 1 aromatic rings. The van der Waals surface area contributed by atoms with Crippen molar-refractivity contribution in [3.05, 3.63) is 58.3 Å². The number of aryl methyl sites for hydroxylation is 1. The second-order valence-corrected chi connectivity index (χ2v) is 5.53. The Morgan fingerprint density at radius 1 is 1.36 bits per heavy atom. The second-order valence-electron chi connectivity index (χ2n) is 4.47. The molecule has 0 saturated heterocycles. The summed E-state index contributed by atoms with van der Waals surface area (Å²) < 4.78 is 9.18. The van der Waals surface area contributed by atoms with E-state index in [9.17, 15) is 4.79 Å². The highest BCUT2D eigenvalue weighted by atomic mass is 32.1. The summed E-state index contributed by atoms with van der Waals surface area (Å²) in [5, 5.41) is 3.16. The van der Waals surface area contributed by atoms with Crippen LogP contribution in [0.5, 0.6) is 0 Å². The summed E-state index contributed by atoms with van der Waals surface area (Å²) in [6.07, 6.45) is 14.2. The maximum absolute atomic E-state index is 9.59. The number of rotatable bonds is 3. The Kier molecular flexibility index (Phi) is 7.92. The lowest BCUT2D eigenvalue weighted by atomic mass is 9.95. The highest BCUT2D eigenvalue weighted by molar-refractivity contribution is 7.09. The Labute approximate surface area is 135 Å². The lowest BCUT2D eigenvalue weighted by Gasteiger charge is -2.11. The van der Waals surface area contributed by atoms with Crippen LogP contribution in [0.1, 0.15) is 17.6 Å². The topological polar surface area (TPSA) is 48.4 Å². The SMILES string of the molecule is CO/C=C1\C=CC=CC1/C=C/c1csc(C)n1.COC(C)=O. The number of methoxy groups -OCH3 is 2. The van der Waals surface area contributed by atoms with Gasteiger partial charge in [-0.3, -0.25) is 4.79 Å². The molecule has 5 heteroatoms. The minimum atomic E-state index is -0.245. The average Bonchev–Trinajstić information content (AvgIpc) is 2.93. The Morgan fingerprint density at radius 2 is 2.09 bits per heavy atom. The largest absolute Gasteiger partial charge is 0.504 e. The number of aromatic nitrogens is 1. The van der Waals surface area contributed by atoms with Crippen molar-refractivity contribution in [3.8, 4) is 0 Å². The van der Waals surface area contributed by atoms with Crippen molar-refractivity contribution in [2.45, 2.75) is 13.8 Å². The van der Waals surface area contributed by atoms with E-state index in [2.05, 4.69) is 39.4 Å². The molecule has 0 saturated carbocycles. The van der Waals surface area contributed by atoms with Crippen molar-refractivity contribution >= 4 is 23.4 Å². The molecular formula is C17H21NO3S. The molecule has 0 fully saturated rings. The molecule has 2 rings (SSSR count). The Hall–Kier alpha value is -2.14. The lowest BCUT2D eigenvalue weighted by molar-refractivity contribution is -0.137. The van der Waals surface area contributed by atoms with Gasteiger partial charge in [0.05, 0.1) is 31.2 Å². The molecule has 1 aliphatic rings. The number of allylic oxidation sites excluding steroid dienone is 6. The molecule has 0 N–H and O–H groups in total. The smallest absolute Gasteiger partial charge is 0.302 e. The summed E-state index contributed by atoms with van der Waals surface area (Å²) in [5.41, 5.74) is 2.17. The van der Waals surface area contributed by atoms with Crippen molar-refractivity contribution in [2.24, 2.45) is 5.92 Å². The van der Waals surface area contributed by atoms with Gasteiger partial charge in [-0.25, -0.2) is 4.98 Å². The number of carbonyl (C=O) groups excluding carboxylic acids is 1. The first-order chi connectivity index (χ1) is 10.6. The van der Waals surface area contributed by atoms with Crippen LogP contribution in [0.4, 0.5) is 0 Å².